The zero-order valence-corrected chi connectivity index (χ0v) is 21.8. The SMILES string of the molecule is COc1cc(C=NNC(=O)c2[nH]c3c(C#N)cccc3c2-c2ccccc2)ccc1OC(=O)c1cccc(C)c1. The number of aryl methyl sites for hydroxylation is 1. The number of hydrazone groups is 1. The predicted molar refractivity (Wildman–Crippen MR) is 153 cm³/mol. The highest BCUT2D eigenvalue weighted by molar-refractivity contribution is 6.10. The average molecular weight is 529 g/mol. The van der Waals surface area contributed by atoms with Gasteiger partial charge in [-0.3, -0.25) is 4.79 Å². The Balaban J connectivity index is 1.37. The summed E-state index contributed by atoms with van der Waals surface area (Å²) >= 11 is 0. The Bertz CT molecular complexity index is 1800. The van der Waals surface area contributed by atoms with Gasteiger partial charge in [-0.1, -0.05) is 60.2 Å². The van der Waals surface area contributed by atoms with Crippen molar-refractivity contribution in [2.75, 3.05) is 7.11 Å². The van der Waals surface area contributed by atoms with Crippen molar-refractivity contribution in [1.29, 1.82) is 5.26 Å². The van der Waals surface area contributed by atoms with Gasteiger partial charge in [0.2, 0.25) is 0 Å². The lowest BCUT2D eigenvalue weighted by atomic mass is 10.0. The number of amides is 1. The molecule has 2 N–H and O–H groups in total. The van der Waals surface area contributed by atoms with Gasteiger partial charge in [-0.25, -0.2) is 10.2 Å². The van der Waals surface area contributed by atoms with E-state index in [1.54, 1.807) is 48.5 Å². The van der Waals surface area contributed by atoms with Gasteiger partial charge in [0.1, 0.15) is 11.8 Å². The fourth-order valence-electron chi connectivity index (χ4n) is 4.39. The Labute approximate surface area is 230 Å². The molecule has 0 aliphatic rings. The lowest BCUT2D eigenvalue weighted by molar-refractivity contribution is 0.0729. The summed E-state index contributed by atoms with van der Waals surface area (Å²) in [7, 11) is 1.47. The van der Waals surface area contributed by atoms with Gasteiger partial charge in [0.15, 0.2) is 11.5 Å². The van der Waals surface area contributed by atoms with Crippen molar-refractivity contribution in [1.82, 2.24) is 10.4 Å². The third-order valence-corrected chi connectivity index (χ3v) is 6.27. The van der Waals surface area contributed by atoms with Crippen LogP contribution >= 0.6 is 0 Å². The van der Waals surface area contributed by atoms with Crippen LogP contribution in [0.5, 0.6) is 11.5 Å². The second-order valence-corrected chi connectivity index (χ2v) is 8.95. The summed E-state index contributed by atoms with van der Waals surface area (Å²) in [5, 5.41) is 14.4. The quantitative estimate of drug-likeness (QED) is 0.116. The number of H-pyrrole nitrogens is 1. The number of para-hydroxylation sites is 1. The van der Waals surface area contributed by atoms with Gasteiger partial charge in [-0.15, -0.1) is 0 Å². The fourth-order valence-corrected chi connectivity index (χ4v) is 4.39. The van der Waals surface area contributed by atoms with Crippen molar-refractivity contribution in [3.05, 3.63) is 119 Å². The molecular formula is C32H24N4O4. The van der Waals surface area contributed by atoms with E-state index in [1.165, 1.54) is 13.3 Å². The number of ether oxygens (including phenoxy) is 2. The Morgan fingerprint density at radius 3 is 2.50 bits per heavy atom. The molecule has 1 aromatic heterocycles. The summed E-state index contributed by atoms with van der Waals surface area (Å²) in [5.74, 6) is -0.370. The molecule has 0 aliphatic carbocycles. The number of esters is 1. The minimum Gasteiger partial charge on any atom is -0.493 e. The Morgan fingerprint density at radius 1 is 0.950 bits per heavy atom. The highest BCUT2D eigenvalue weighted by Gasteiger charge is 2.20. The zero-order chi connectivity index (χ0) is 28.1. The summed E-state index contributed by atoms with van der Waals surface area (Å²) in [6.45, 7) is 1.90. The number of hydrogen-bond acceptors (Lipinski definition) is 6. The lowest BCUT2D eigenvalue weighted by Gasteiger charge is -2.10. The molecule has 4 aromatic carbocycles. The molecule has 8 nitrogen and oxygen atoms in total. The number of aromatic nitrogens is 1. The smallest absolute Gasteiger partial charge is 0.343 e. The molecule has 0 saturated carbocycles. The van der Waals surface area contributed by atoms with Crippen LogP contribution in [0, 0.1) is 18.3 Å². The minimum absolute atomic E-state index is 0.258. The third-order valence-electron chi connectivity index (χ3n) is 6.27. The molecule has 0 radical (unpaired) electrons. The van der Waals surface area contributed by atoms with Gasteiger partial charge >= 0.3 is 5.97 Å². The molecule has 0 aliphatic heterocycles. The van der Waals surface area contributed by atoms with Gasteiger partial charge in [-0.05, 0) is 54.4 Å². The van der Waals surface area contributed by atoms with Crippen molar-refractivity contribution >= 4 is 29.0 Å². The summed E-state index contributed by atoms with van der Waals surface area (Å²) in [5.41, 5.74) is 7.37. The van der Waals surface area contributed by atoms with E-state index in [4.69, 9.17) is 9.47 Å². The maximum atomic E-state index is 13.2. The number of aromatic amines is 1. The van der Waals surface area contributed by atoms with Gasteiger partial charge in [-0.2, -0.15) is 10.4 Å². The summed E-state index contributed by atoms with van der Waals surface area (Å²) in [6.07, 6.45) is 1.46. The fraction of sp³-hybridized carbons (Fsp3) is 0.0625. The number of benzene rings is 4. The van der Waals surface area contributed by atoms with Crippen molar-refractivity contribution in [3.8, 4) is 28.7 Å². The molecule has 0 bridgehead atoms. The molecule has 40 heavy (non-hydrogen) atoms. The van der Waals surface area contributed by atoms with Crippen LogP contribution in [0.25, 0.3) is 22.0 Å². The molecule has 1 heterocycles. The van der Waals surface area contributed by atoms with Crippen molar-refractivity contribution < 1.29 is 19.1 Å². The molecule has 0 saturated heterocycles. The number of nitrogens with one attached hydrogen (secondary N) is 2. The lowest BCUT2D eigenvalue weighted by Crippen LogP contribution is -2.18. The summed E-state index contributed by atoms with van der Waals surface area (Å²) in [6, 6.07) is 29.1. The van der Waals surface area contributed by atoms with E-state index in [1.807, 2.05) is 49.4 Å². The number of carbonyl (C=O) groups excluding carboxylic acids is 2. The number of nitrogens with zero attached hydrogens (tertiary/aromatic N) is 2. The average Bonchev–Trinajstić information content (AvgIpc) is 3.38. The number of methoxy groups -OCH3 is 1. The maximum absolute atomic E-state index is 13.2. The molecule has 5 rings (SSSR count). The summed E-state index contributed by atoms with van der Waals surface area (Å²) < 4.78 is 10.9. The van der Waals surface area contributed by atoms with E-state index in [2.05, 4.69) is 21.6 Å². The largest absolute Gasteiger partial charge is 0.493 e. The molecule has 0 atom stereocenters. The van der Waals surface area contributed by atoms with E-state index >= 15 is 0 Å². The molecule has 196 valence electrons. The van der Waals surface area contributed by atoms with Gasteiger partial charge < -0.3 is 14.5 Å². The van der Waals surface area contributed by atoms with Gasteiger partial charge in [0.25, 0.3) is 5.91 Å². The number of fused-ring (bicyclic) bond motifs is 1. The molecular weight excluding hydrogens is 504 g/mol. The molecule has 0 fully saturated rings. The minimum atomic E-state index is -0.497. The van der Waals surface area contributed by atoms with Crippen LogP contribution in [0.15, 0.2) is 96.1 Å². The second-order valence-electron chi connectivity index (χ2n) is 8.95. The third kappa shape index (κ3) is 5.30. The molecule has 0 spiro atoms. The summed E-state index contributed by atoms with van der Waals surface area (Å²) in [4.78, 5) is 28.9. The van der Waals surface area contributed by atoms with E-state index in [0.29, 0.717) is 33.5 Å². The second kappa shape index (κ2) is 11.4. The van der Waals surface area contributed by atoms with Crippen LogP contribution in [0.1, 0.15) is 37.5 Å². The van der Waals surface area contributed by atoms with Crippen LogP contribution in [-0.4, -0.2) is 30.2 Å². The Kier molecular flexibility index (Phi) is 7.38. The van der Waals surface area contributed by atoms with Crippen LogP contribution in [0.4, 0.5) is 0 Å². The molecule has 0 unspecified atom stereocenters. The van der Waals surface area contributed by atoms with Crippen molar-refractivity contribution in [3.63, 3.8) is 0 Å². The van der Waals surface area contributed by atoms with Gasteiger partial charge in [0.05, 0.1) is 30.0 Å². The first-order valence-corrected chi connectivity index (χ1v) is 12.4. The topological polar surface area (TPSA) is 117 Å². The Hall–Kier alpha value is -5.68. The van der Waals surface area contributed by atoms with Crippen molar-refractivity contribution in [2.24, 2.45) is 5.10 Å². The van der Waals surface area contributed by atoms with E-state index in [-0.39, 0.29) is 11.4 Å². The maximum Gasteiger partial charge on any atom is 0.343 e. The number of hydrogen-bond donors (Lipinski definition) is 2. The predicted octanol–water partition coefficient (Wildman–Crippen LogP) is 6.01. The normalized spacial score (nSPS) is 10.8. The molecule has 8 heteroatoms. The first kappa shape index (κ1) is 25.9. The Morgan fingerprint density at radius 2 is 1.75 bits per heavy atom. The first-order chi connectivity index (χ1) is 19.5. The standard InChI is InChI=1S/C32H24N4O4/c1-20-8-6-11-23(16-20)32(38)40-26-15-14-21(17-27(26)39-2)19-34-36-31(37)30-28(22-9-4-3-5-10-22)25-13-7-12-24(18-33)29(25)35-30/h3-17,19,35H,1-2H3,(H,36,37). The number of carbonyl (C=O) groups is 2. The van der Waals surface area contributed by atoms with Gasteiger partial charge in [0, 0.05) is 10.9 Å². The highest BCUT2D eigenvalue weighted by Crippen LogP contribution is 2.34. The van der Waals surface area contributed by atoms with E-state index in [9.17, 15) is 14.9 Å². The zero-order valence-electron chi connectivity index (χ0n) is 21.8. The number of rotatable bonds is 7. The number of nitriles is 1. The molecule has 5 aromatic rings. The van der Waals surface area contributed by atoms with E-state index < -0.39 is 11.9 Å². The van der Waals surface area contributed by atoms with Crippen LogP contribution in [-0.2, 0) is 0 Å². The van der Waals surface area contributed by atoms with Crippen LogP contribution in [0.3, 0.4) is 0 Å². The first-order valence-electron chi connectivity index (χ1n) is 12.4. The molecule has 1 amide bonds. The van der Waals surface area contributed by atoms with Crippen LogP contribution in [0.2, 0.25) is 0 Å². The van der Waals surface area contributed by atoms with E-state index in [0.717, 1.165) is 16.5 Å². The monoisotopic (exact) mass is 528 g/mol. The van der Waals surface area contributed by atoms with Crippen LogP contribution < -0.4 is 14.9 Å². The highest BCUT2D eigenvalue weighted by atomic mass is 16.6. The van der Waals surface area contributed by atoms with Crippen molar-refractivity contribution in [2.45, 2.75) is 6.92 Å².